The summed E-state index contributed by atoms with van der Waals surface area (Å²) >= 11 is 0. The third-order valence-electron chi connectivity index (χ3n) is 5.39. The van der Waals surface area contributed by atoms with Crippen molar-refractivity contribution >= 4 is 17.6 Å². The summed E-state index contributed by atoms with van der Waals surface area (Å²) in [4.78, 5) is 23.6. The fraction of sp³-hybridized carbons (Fsp3) is 0.389. The Morgan fingerprint density at radius 3 is 2.71 bits per heavy atom. The number of nitrogens with one attached hydrogen (secondary N) is 2. The number of rotatable bonds is 4. The summed E-state index contributed by atoms with van der Waals surface area (Å²) in [6.07, 6.45) is 5.21. The summed E-state index contributed by atoms with van der Waals surface area (Å²) in [6.45, 7) is 0. The highest BCUT2D eigenvalue weighted by molar-refractivity contribution is 6.05. The van der Waals surface area contributed by atoms with E-state index in [2.05, 4.69) is 15.5 Å². The molecule has 24 heavy (non-hydrogen) atoms. The first-order valence-electron chi connectivity index (χ1n) is 8.36. The Morgan fingerprint density at radius 2 is 2.00 bits per heavy atom. The van der Waals surface area contributed by atoms with Crippen LogP contribution in [0.3, 0.4) is 0 Å². The predicted molar refractivity (Wildman–Crippen MR) is 89.7 cm³/mol. The maximum absolute atomic E-state index is 12.3. The van der Waals surface area contributed by atoms with Gasteiger partial charge in [0.15, 0.2) is 5.82 Å². The molecule has 1 aromatic heterocycles. The number of aromatic amines is 1. The van der Waals surface area contributed by atoms with Gasteiger partial charge in [-0.05, 0) is 49.3 Å². The largest absolute Gasteiger partial charge is 0.366 e. The minimum absolute atomic E-state index is 0.302. The van der Waals surface area contributed by atoms with Crippen molar-refractivity contribution in [2.45, 2.75) is 31.6 Å². The molecule has 0 aliphatic heterocycles. The molecular weight excluding hydrogens is 304 g/mol. The number of amides is 2. The first kappa shape index (κ1) is 14.9. The molecule has 1 heterocycles. The maximum Gasteiger partial charge on any atom is 0.256 e. The molecule has 2 saturated carbocycles. The molecule has 0 saturated heterocycles. The molecule has 4 N–H and O–H groups in total. The van der Waals surface area contributed by atoms with Gasteiger partial charge in [-0.1, -0.05) is 12.5 Å². The Kier molecular flexibility index (Phi) is 3.59. The van der Waals surface area contributed by atoms with Gasteiger partial charge in [-0.15, -0.1) is 0 Å². The minimum atomic E-state index is -0.553. The van der Waals surface area contributed by atoms with Crippen LogP contribution in [-0.2, 0) is 0 Å². The van der Waals surface area contributed by atoms with Gasteiger partial charge in [0.25, 0.3) is 5.91 Å². The van der Waals surface area contributed by atoms with Crippen molar-refractivity contribution in [1.82, 2.24) is 10.2 Å². The Bertz CT molecular complexity index is 798. The number of H-pyrrole nitrogens is 1. The van der Waals surface area contributed by atoms with Crippen molar-refractivity contribution in [2.75, 3.05) is 5.32 Å². The average Bonchev–Trinajstić information content (AvgIpc) is 3.31. The van der Waals surface area contributed by atoms with E-state index in [4.69, 9.17) is 5.73 Å². The zero-order chi connectivity index (χ0) is 16.7. The molecule has 2 amide bonds. The van der Waals surface area contributed by atoms with E-state index >= 15 is 0 Å². The lowest BCUT2D eigenvalue weighted by Gasteiger charge is -2.19. The van der Waals surface area contributed by atoms with Crippen LogP contribution in [0, 0.1) is 11.8 Å². The summed E-state index contributed by atoms with van der Waals surface area (Å²) in [7, 11) is 0. The topological polar surface area (TPSA) is 101 Å². The van der Waals surface area contributed by atoms with Crippen LogP contribution in [0.15, 0.2) is 30.3 Å². The first-order valence-corrected chi connectivity index (χ1v) is 8.36. The van der Waals surface area contributed by atoms with Crippen molar-refractivity contribution in [3.63, 3.8) is 0 Å². The second-order valence-electron chi connectivity index (χ2n) is 6.89. The van der Waals surface area contributed by atoms with Crippen LogP contribution in [0.5, 0.6) is 0 Å². The average molecular weight is 324 g/mol. The summed E-state index contributed by atoms with van der Waals surface area (Å²) in [5.41, 5.74) is 7.06. The van der Waals surface area contributed by atoms with Crippen LogP contribution in [-0.4, -0.2) is 22.0 Å². The van der Waals surface area contributed by atoms with Gasteiger partial charge in [0.1, 0.15) is 0 Å². The predicted octanol–water partition coefficient (Wildman–Crippen LogP) is 2.66. The van der Waals surface area contributed by atoms with Crippen LogP contribution in [0.4, 0.5) is 5.82 Å². The van der Waals surface area contributed by atoms with Gasteiger partial charge in [0, 0.05) is 28.8 Å². The maximum atomic E-state index is 12.3. The highest BCUT2D eigenvalue weighted by Crippen LogP contribution is 2.52. The highest BCUT2D eigenvalue weighted by atomic mass is 16.2. The Labute approximate surface area is 139 Å². The summed E-state index contributed by atoms with van der Waals surface area (Å²) in [5.74, 6) is 1.82. The van der Waals surface area contributed by atoms with Crippen molar-refractivity contribution in [2.24, 2.45) is 17.6 Å². The molecule has 3 atom stereocenters. The van der Waals surface area contributed by atoms with Gasteiger partial charge in [0.05, 0.1) is 0 Å². The number of benzene rings is 1. The molecule has 1 aromatic carbocycles. The van der Waals surface area contributed by atoms with E-state index < -0.39 is 5.91 Å². The van der Waals surface area contributed by atoms with Gasteiger partial charge in [-0.2, -0.15) is 5.10 Å². The van der Waals surface area contributed by atoms with E-state index in [-0.39, 0.29) is 5.91 Å². The number of carbonyl (C=O) groups excluding carboxylic acids is 2. The fourth-order valence-electron chi connectivity index (χ4n) is 4.22. The number of anilines is 1. The molecule has 2 aliphatic carbocycles. The Balaban J connectivity index is 1.47. The number of carbonyl (C=O) groups is 2. The molecule has 2 bridgehead atoms. The Hall–Kier alpha value is -2.63. The number of hydrogen-bond donors (Lipinski definition) is 3. The van der Waals surface area contributed by atoms with Crippen molar-refractivity contribution in [3.05, 3.63) is 47.2 Å². The molecule has 2 aliphatic rings. The number of primary amides is 1. The van der Waals surface area contributed by atoms with Crippen molar-refractivity contribution in [3.8, 4) is 0 Å². The summed E-state index contributed by atoms with van der Waals surface area (Å²) in [6, 6.07) is 8.29. The van der Waals surface area contributed by atoms with Crippen LogP contribution in [0.25, 0.3) is 0 Å². The van der Waals surface area contributed by atoms with E-state index in [1.807, 2.05) is 6.07 Å². The van der Waals surface area contributed by atoms with Gasteiger partial charge in [-0.3, -0.25) is 14.7 Å². The second kappa shape index (κ2) is 5.78. The first-order chi connectivity index (χ1) is 11.6. The molecule has 6 heteroatoms. The van der Waals surface area contributed by atoms with E-state index in [1.54, 1.807) is 18.2 Å². The van der Waals surface area contributed by atoms with Gasteiger partial charge in [-0.25, -0.2) is 0 Å². The van der Waals surface area contributed by atoms with Crippen LogP contribution < -0.4 is 11.1 Å². The van der Waals surface area contributed by atoms with Crippen LogP contribution in [0.1, 0.15) is 58.0 Å². The molecule has 0 unspecified atom stereocenters. The van der Waals surface area contributed by atoms with E-state index in [0.717, 1.165) is 17.5 Å². The summed E-state index contributed by atoms with van der Waals surface area (Å²) in [5, 5.41) is 10.1. The van der Waals surface area contributed by atoms with Crippen LogP contribution >= 0.6 is 0 Å². The smallest absolute Gasteiger partial charge is 0.256 e. The second-order valence-corrected chi connectivity index (χ2v) is 6.89. The third-order valence-corrected chi connectivity index (χ3v) is 5.39. The third kappa shape index (κ3) is 2.68. The monoisotopic (exact) mass is 324 g/mol. The lowest BCUT2D eigenvalue weighted by molar-refractivity contribution is 0.1000. The van der Waals surface area contributed by atoms with E-state index in [0.29, 0.717) is 22.9 Å². The molecule has 0 spiro atoms. The molecule has 2 aromatic rings. The zero-order valence-corrected chi connectivity index (χ0v) is 13.3. The normalized spacial score (nSPS) is 24.9. The van der Waals surface area contributed by atoms with Crippen LogP contribution in [0.2, 0.25) is 0 Å². The number of nitrogens with zero attached hydrogens (tertiary/aromatic N) is 1. The van der Waals surface area contributed by atoms with E-state index in [9.17, 15) is 9.59 Å². The lowest BCUT2D eigenvalue weighted by Crippen LogP contribution is -2.15. The molecule has 124 valence electrons. The van der Waals surface area contributed by atoms with Gasteiger partial charge < -0.3 is 11.1 Å². The Morgan fingerprint density at radius 1 is 1.17 bits per heavy atom. The molecule has 0 radical (unpaired) electrons. The number of hydrogen-bond acceptors (Lipinski definition) is 3. The molecule has 4 rings (SSSR count). The summed E-state index contributed by atoms with van der Waals surface area (Å²) < 4.78 is 0. The van der Waals surface area contributed by atoms with E-state index in [1.165, 1.54) is 31.7 Å². The number of fused-ring (bicyclic) bond motifs is 2. The van der Waals surface area contributed by atoms with Gasteiger partial charge in [0.2, 0.25) is 5.91 Å². The standard InChI is InChI=1S/C18H20N4O2/c19-17(23)12-2-1-3-13(8-12)18(24)20-16-9-15(21-22-16)14-7-10-4-5-11(14)6-10/h1-3,8-11,14H,4-7H2,(H2,19,23)(H2,20,21,22,24)/t10-,11-,14-/m0/s1. The van der Waals surface area contributed by atoms with Gasteiger partial charge >= 0.3 is 0 Å². The van der Waals surface area contributed by atoms with Crippen molar-refractivity contribution in [1.29, 1.82) is 0 Å². The molecular formula is C18H20N4O2. The minimum Gasteiger partial charge on any atom is -0.366 e. The van der Waals surface area contributed by atoms with Crippen molar-refractivity contribution < 1.29 is 9.59 Å². The molecule has 2 fully saturated rings. The number of nitrogens with two attached hydrogens (primary N) is 1. The highest BCUT2D eigenvalue weighted by Gasteiger charge is 2.40. The molecule has 6 nitrogen and oxygen atoms in total. The zero-order valence-electron chi connectivity index (χ0n) is 13.3. The quantitative estimate of drug-likeness (QED) is 0.806. The number of aromatic nitrogens is 2. The fourth-order valence-corrected chi connectivity index (χ4v) is 4.22. The SMILES string of the molecule is NC(=O)c1cccc(C(=O)Nc2cc([C@H]3C[C@H]4CC[C@H]3C4)[nH]n2)c1. The lowest BCUT2D eigenvalue weighted by atomic mass is 9.86.